The van der Waals surface area contributed by atoms with E-state index in [0.29, 0.717) is 12.1 Å². The van der Waals surface area contributed by atoms with Crippen molar-refractivity contribution < 1.29 is 9.90 Å². The predicted octanol–water partition coefficient (Wildman–Crippen LogP) is 1.87. The maximum absolute atomic E-state index is 11.1. The van der Waals surface area contributed by atoms with Gasteiger partial charge in [0.1, 0.15) is 0 Å². The minimum Gasteiger partial charge on any atom is -0.481 e. The van der Waals surface area contributed by atoms with E-state index in [4.69, 9.17) is 5.11 Å². The zero-order valence-electron chi connectivity index (χ0n) is 9.06. The maximum Gasteiger partial charge on any atom is 0.306 e. The zero-order valence-corrected chi connectivity index (χ0v) is 9.06. The largest absolute Gasteiger partial charge is 0.481 e. The standard InChI is InChI=1S/C12H19NO2/c14-12(15)8-6-10-2-1-3-11(7-8)13(10)9-4-5-9/h8-11H,1-7H2,(H,14,15). The van der Waals surface area contributed by atoms with Gasteiger partial charge >= 0.3 is 5.97 Å². The van der Waals surface area contributed by atoms with Gasteiger partial charge in [0.15, 0.2) is 0 Å². The van der Waals surface area contributed by atoms with Gasteiger partial charge in [-0.2, -0.15) is 0 Å². The topological polar surface area (TPSA) is 40.5 Å². The Labute approximate surface area is 90.5 Å². The quantitative estimate of drug-likeness (QED) is 0.754. The summed E-state index contributed by atoms with van der Waals surface area (Å²) in [6.45, 7) is 0. The number of carboxylic acids is 1. The van der Waals surface area contributed by atoms with E-state index in [1.807, 2.05) is 0 Å². The van der Waals surface area contributed by atoms with Gasteiger partial charge in [-0.15, -0.1) is 0 Å². The number of piperidine rings is 2. The molecule has 0 spiro atoms. The highest BCUT2D eigenvalue weighted by Gasteiger charge is 2.46. The summed E-state index contributed by atoms with van der Waals surface area (Å²) in [6, 6.07) is 1.99. The number of carboxylic acid groups (broad SMARTS) is 1. The molecule has 84 valence electrons. The molecule has 0 radical (unpaired) electrons. The number of hydrogen-bond acceptors (Lipinski definition) is 2. The fourth-order valence-corrected chi connectivity index (χ4v) is 3.59. The van der Waals surface area contributed by atoms with Crippen molar-refractivity contribution in [2.45, 2.75) is 63.1 Å². The summed E-state index contributed by atoms with van der Waals surface area (Å²) < 4.78 is 0. The van der Waals surface area contributed by atoms with Gasteiger partial charge in [0.2, 0.25) is 0 Å². The van der Waals surface area contributed by atoms with E-state index in [2.05, 4.69) is 4.90 Å². The van der Waals surface area contributed by atoms with Crippen LogP contribution in [0.5, 0.6) is 0 Å². The minimum atomic E-state index is -0.567. The smallest absolute Gasteiger partial charge is 0.306 e. The third-order valence-electron chi connectivity index (χ3n) is 4.35. The van der Waals surface area contributed by atoms with Crippen LogP contribution in [0.4, 0.5) is 0 Å². The Balaban J connectivity index is 1.76. The summed E-state index contributed by atoms with van der Waals surface area (Å²) in [5.41, 5.74) is 0. The highest BCUT2D eigenvalue weighted by atomic mass is 16.4. The summed E-state index contributed by atoms with van der Waals surface area (Å²) in [5, 5.41) is 9.12. The first-order chi connectivity index (χ1) is 7.25. The summed E-state index contributed by atoms with van der Waals surface area (Å²) >= 11 is 0. The first-order valence-corrected chi connectivity index (χ1v) is 6.26. The molecule has 0 aromatic rings. The van der Waals surface area contributed by atoms with E-state index in [-0.39, 0.29) is 5.92 Å². The van der Waals surface area contributed by atoms with E-state index in [1.165, 1.54) is 32.1 Å². The molecular weight excluding hydrogens is 190 g/mol. The summed E-state index contributed by atoms with van der Waals surface area (Å²) in [5.74, 6) is -0.627. The molecule has 0 amide bonds. The monoisotopic (exact) mass is 209 g/mol. The van der Waals surface area contributed by atoms with E-state index in [0.717, 1.165) is 18.9 Å². The van der Waals surface area contributed by atoms with Crippen molar-refractivity contribution in [1.29, 1.82) is 0 Å². The van der Waals surface area contributed by atoms with E-state index in [1.54, 1.807) is 0 Å². The molecule has 3 heteroatoms. The Kier molecular flexibility index (Phi) is 2.23. The van der Waals surface area contributed by atoms with Gasteiger partial charge in [-0.25, -0.2) is 0 Å². The highest BCUT2D eigenvalue weighted by Crippen LogP contribution is 2.43. The molecule has 3 aliphatic rings. The van der Waals surface area contributed by atoms with Crippen molar-refractivity contribution in [2.24, 2.45) is 5.92 Å². The Morgan fingerprint density at radius 3 is 2.07 bits per heavy atom. The average molecular weight is 209 g/mol. The van der Waals surface area contributed by atoms with Crippen molar-refractivity contribution in [3.05, 3.63) is 0 Å². The van der Waals surface area contributed by atoms with Crippen LogP contribution in [0.15, 0.2) is 0 Å². The number of fused-ring (bicyclic) bond motifs is 2. The van der Waals surface area contributed by atoms with E-state index >= 15 is 0 Å². The molecule has 15 heavy (non-hydrogen) atoms. The van der Waals surface area contributed by atoms with Crippen LogP contribution in [-0.2, 0) is 4.79 Å². The van der Waals surface area contributed by atoms with Crippen molar-refractivity contribution in [2.75, 3.05) is 0 Å². The molecule has 1 N–H and O–H groups in total. The lowest BCUT2D eigenvalue weighted by molar-refractivity contribution is -0.146. The van der Waals surface area contributed by atoms with Gasteiger partial charge in [0, 0.05) is 18.1 Å². The number of hydrogen-bond donors (Lipinski definition) is 1. The van der Waals surface area contributed by atoms with Crippen molar-refractivity contribution in [3.8, 4) is 0 Å². The van der Waals surface area contributed by atoms with Gasteiger partial charge in [-0.3, -0.25) is 9.69 Å². The molecule has 2 heterocycles. The second-order valence-electron chi connectivity index (χ2n) is 5.42. The first-order valence-electron chi connectivity index (χ1n) is 6.26. The van der Waals surface area contributed by atoms with Crippen LogP contribution in [0.1, 0.15) is 44.9 Å². The lowest BCUT2D eigenvalue weighted by Crippen LogP contribution is -2.54. The lowest BCUT2D eigenvalue weighted by Gasteiger charge is -2.48. The minimum absolute atomic E-state index is 0.0599. The Bertz CT molecular complexity index is 261. The van der Waals surface area contributed by atoms with E-state index < -0.39 is 5.97 Å². The van der Waals surface area contributed by atoms with Crippen LogP contribution in [0, 0.1) is 5.92 Å². The number of aliphatic carboxylic acids is 1. The lowest BCUT2D eigenvalue weighted by atomic mass is 9.78. The molecule has 2 aliphatic heterocycles. The van der Waals surface area contributed by atoms with Crippen LogP contribution in [-0.4, -0.2) is 34.1 Å². The molecule has 2 atom stereocenters. The molecule has 1 saturated carbocycles. The summed E-state index contributed by atoms with van der Waals surface area (Å²) in [6.07, 6.45) is 8.29. The van der Waals surface area contributed by atoms with Crippen LogP contribution < -0.4 is 0 Å². The summed E-state index contributed by atoms with van der Waals surface area (Å²) in [7, 11) is 0. The van der Waals surface area contributed by atoms with Crippen LogP contribution in [0.25, 0.3) is 0 Å². The van der Waals surface area contributed by atoms with E-state index in [9.17, 15) is 4.79 Å². The molecule has 1 aliphatic carbocycles. The SMILES string of the molecule is O=C(O)C1CC2CCCC(C1)N2C1CC1. The molecule has 3 rings (SSSR count). The van der Waals surface area contributed by atoms with Gasteiger partial charge in [-0.1, -0.05) is 6.42 Å². The summed E-state index contributed by atoms with van der Waals surface area (Å²) in [4.78, 5) is 13.7. The third-order valence-corrected chi connectivity index (χ3v) is 4.35. The van der Waals surface area contributed by atoms with Crippen molar-refractivity contribution in [1.82, 2.24) is 4.90 Å². The molecule has 2 saturated heterocycles. The molecule has 0 aromatic carbocycles. The van der Waals surface area contributed by atoms with Crippen molar-refractivity contribution >= 4 is 5.97 Å². The average Bonchev–Trinajstić information content (AvgIpc) is 2.98. The normalized spacial score (nSPS) is 41.5. The Hall–Kier alpha value is -0.570. The predicted molar refractivity (Wildman–Crippen MR) is 56.6 cm³/mol. The maximum atomic E-state index is 11.1. The molecule has 3 fully saturated rings. The fourth-order valence-electron chi connectivity index (χ4n) is 3.59. The Morgan fingerprint density at radius 2 is 1.60 bits per heavy atom. The highest BCUT2D eigenvalue weighted by molar-refractivity contribution is 5.70. The van der Waals surface area contributed by atoms with Crippen LogP contribution in [0.2, 0.25) is 0 Å². The van der Waals surface area contributed by atoms with Crippen LogP contribution >= 0.6 is 0 Å². The Morgan fingerprint density at radius 1 is 1.00 bits per heavy atom. The van der Waals surface area contributed by atoms with Crippen molar-refractivity contribution in [3.63, 3.8) is 0 Å². The van der Waals surface area contributed by atoms with Gasteiger partial charge in [0.05, 0.1) is 5.92 Å². The number of nitrogens with zero attached hydrogens (tertiary/aromatic N) is 1. The second kappa shape index (κ2) is 3.48. The van der Waals surface area contributed by atoms with Gasteiger partial charge in [-0.05, 0) is 38.5 Å². The third kappa shape index (κ3) is 1.67. The van der Waals surface area contributed by atoms with Gasteiger partial charge in [0.25, 0.3) is 0 Å². The molecule has 0 aromatic heterocycles. The number of carbonyl (C=O) groups is 1. The first kappa shape index (κ1) is 9.64. The van der Waals surface area contributed by atoms with Gasteiger partial charge < -0.3 is 5.11 Å². The molecule has 2 unspecified atom stereocenters. The molecular formula is C12H19NO2. The fraction of sp³-hybridized carbons (Fsp3) is 0.917. The molecule has 2 bridgehead atoms. The number of rotatable bonds is 2. The zero-order chi connectivity index (χ0) is 10.4. The second-order valence-corrected chi connectivity index (χ2v) is 5.42. The van der Waals surface area contributed by atoms with Crippen LogP contribution in [0.3, 0.4) is 0 Å². The molecule has 3 nitrogen and oxygen atoms in total.